The predicted molar refractivity (Wildman–Crippen MR) is 115 cm³/mol. The van der Waals surface area contributed by atoms with E-state index in [9.17, 15) is 14.4 Å². The number of carboxylic acid groups (broad SMARTS) is 1. The number of benzene rings is 2. The van der Waals surface area contributed by atoms with Gasteiger partial charge in [0.25, 0.3) is 0 Å². The van der Waals surface area contributed by atoms with E-state index in [4.69, 9.17) is 10.8 Å². The monoisotopic (exact) mass is 420 g/mol. The number of para-hydroxylation sites is 1. The molecule has 0 unspecified atom stereocenters. The number of carbonyl (C=O) groups excluding carboxylic acids is 2. The van der Waals surface area contributed by atoms with Crippen LogP contribution in [0.15, 0.2) is 54.7 Å². The lowest BCUT2D eigenvalue weighted by Crippen LogP contribution is -2.57. The molecule has 8 nitrogen and oxygen atoms in total. The molecule has 2 heterocycles. The number of hydrogen-bond donors (Lipinski definition) is 4. The van der Waals surface area contributed by atoms with Gasteiger partial charge >= 0.3 is 5.97 Å². The zero-order valence-electron chi connectivity index (χ0n) is 16.9. The Balaban J connectivity index is 1.56. The molecule has 8 heteroatoms. The summed E-state index contributed by atoms with van der Waals surface area (Å²) in [4.78, 5) is 41.6. The summed E-state index contributed by atoms with van der Waals surface area (Å²) >= 11 is 0. The van der Waals surface area contributed by atoms with Crippen molar-refractivity contribution in [1.29, 1.82) is 0 Å². The SMILES string of the molecule is N[C@@H](Cc1c[nH]c2ccccc12)C(=O)N1Cc2ccccc2C[C@H]1C(=O)NCC(=O)O. The summed E-state index contributed by atoms with van der Waals surface area (Å²) in [5, 5.41) is 12.3. The lowest BCUT2D eigenvalue weighted by atomic mass is 9.92. The van der Waals surface area contributed by atoms with Gasteiger partial charge in [0.1, 0.15) is 12.6 Å². The van der Waals surface area contributed by atoms with E-state index < -0.39 is 30.5 Å². The molecular weight excluding hydrogens is 396 g/mol. The van der Waals surface area contributed by atoms with E-state index in [1.807, 2.05) is 54.7 Å². The number of aromatic nitrogens is 1. The summed E-state index contributed by atoms with van der Waals surface area (Å²) in [5.41, 5.74) is 10.1. The zero-order chi connectivity index (χ0) is 22.0. The average Bonchev–Trinajstić information content (AvgIpc) is 3.18. The second-order valence-electron chi connectivity index (χ2n) is 7.74. The minimum absolute atomic E-state index is 0.252. The molecule has 4 rings (SSSR count). The molecule has 0 aliphatic carbocycles. The van der Waals surface area contributed by atoms with Crippen LogP contribution in [-0.4, -0.2) is 51.4 Å². The van der Waals surface area contributed by atoms with E-state index >= 15 is 0 Å². The Hall–Kier alpha value is -3.65. The van der Waals surface area contributed by atoms with Crippen molar-refractivity contribution in [3.05, 3.63) is 71.4 Å². The van der Waals surface area contributed by atoms with Gasteiger partial charge in [-0.05, 0) is 29.2 Å². The molecule has 0 spiro atoms. The highest BCUT2D eigenvalue weighted by Crippen LogP contribution is 2.25. The van der Waals surface area contributed by atoms with Crippen molar-refractivity contribution in [3.63, 3.8) is 0 Å². The Morgan fingerprint density at radius 1 is 1.13 bits per heavy atom. The first-order valence-corrected chi connectivity index (χ1v) is 10.1. The van der Waals surface area contributed by atoms with Gasteiger partial charge in [0.15, 0.2) is 0 Å². The summed E-state index contributed by atoms with van der Waals surface area (Å²) in [6.07, 6.45) is 2.48. The molecular formula is C23H24N4O4. The third-order valence-electron chi connectivity index (χ3n) is 5.68. The fraction of sp³-hybridized carbons (Fsp3) is 0.261. The Morgan fingerprint density at radius 3 is 2.61 bits per heavy atom. The van der Waals surface area contributed by atoms with Crippen LogP contribution in [0.3, 0.4) is 0 Å². The molecule has 5 N–H and O–H groups in total. The number of carboxylic acids is 1. The summed E-state index contributed by atoms with van der Waals surface area (Å²) in [7, 11) is 0. The zero-order valence-corrected chi connectivity index (χ0v) is 16.9. The van der Waals surface area contributed by atoms with Crippen LogP contribution in [0.1, 0.15) is 16.7 Å². The molecule has 2 amide bonds. The van der Waals surface area contributed by atoms with Gasteiger partial charge in [0.05, 0.1) is 6.04 Å². The number of aromatic amines is 1. The normalized spacial score (nSPS) is 16.5. The van der Waals surface area contributed by atoms with E-state index in [0.29, 0.717) is 12.8 Å². The van der Waals surface area contributed by atoms with Gasteiger partial charge in [-0.15, -0.1) is 0 Å². The number of rotatable bonds is 6. The van der Waals surface area contributed by atoms with Crippen molar-refractivity contribution in [2.45, 2.75) is 31.5 Å². The Bertz CT molecular complexity index is 1140. The predicted octanol–water partition coefficient (Wildman–Crippen LogP) is 1.19. The highest BCUT2D eigenvalue weighted by atomic mass is 16.4. The minimum Gasteiger partial charge on any atom is -0.480 e. The minimum atomic E-state index is -1.14. The number of H-pyrrole nitrogens is 1. The summed E-state index contributed by atoms with van der Waals surface area (Å²) in [6.45, 7) is -0.248. The van der Waals surface area contributed by atoms with E-state index in [2.05, 4.69) is 10.3 Å². The number of aliphatic carboxylic acids is 1. The van der Waals surface area contributed by atoms with Crippen LogP contribution in [-0.2, 0) is 33.8 Å². The van der Waals surface area contributed by atoms with Crippen molar-refractivity contribution < 1.29 is 19.5 Å². The molecule has 1 aromatic heterocycles. The molecule has 1 aliphatic rings. The van der Waals surface area contributed by atoms with Crippen molar-refractivity contribution in [3.8, 4) is 0 Å². The smallest absolute Gasteiger partial charge is 0.322 e. The Kier molecular flexibility index (Phi) is 5.73. The topological polar surface area (TPSA) is 129 Å². The van der Waals surface area contributed by atoms with Crippen LogP contribution >= 0.6 is 0 Å². The fourth-order valence-electron chi connectivity index (χ4n) is 4.11. The average molecular weight is 420 g/mol. The van der Waals surface area contributed by atoms with Gasteiger partial charge in [-0.25, -0.2) is 0 Å². The largest absolute Gasteiger partial charge is 0.480 e. The van der Waals surface area contributed by atoms with Gasteiger partial charge in [-0.2, -0.15) is 0 Å². The quantitative estimate of drug-likeness (QED) is 0.476. The molecule has 2 aromatic carbocycles. The van der Waals surface area contributed by atoms with Gasteiger partial charge in [0, 0.05) is 30.1 Å². The van der Waals surface area contributed by atoms with Crippen LogP contribution in [0.4, 0.5) is 0 Å². The first kappa shape index (κ1) is 20.6. The van der Waals surface area contributed by atoms with Crippen molar-refractivity contribution in [2.75, 3.05) is 6.54 Å². The molecule has 0 bridgehead atoms. The van der Waals surface area contributed by atoms with Crippen LogP contribution < -0.4 is 11.1 Å². The summed E-state index contributed by atoms with van der Waals surface area (Å²) < 4.78 is 0. The van der Waals surface area contributed by atoms with Crippen molar-refractivity contribution >= 4 is 28.7 Å². The molecule has 160 valence electrons. The molecule has 31 heavy (non-hydrogen) atoms. The van der Waals surface area contributed by atoms with Gasteiger partial charge in [-0.3, -0.25) is 14.4 Å². The van der Waals surface area contributed by atoms with Gasteiger partial charge in [0.2, 0.25) is 11.8 Å². The van der Waals surface area contributed by atoms with Crippen LogP contribution in [0.5, 0.6) is 0 Å². The first-order chi connectivity index (χ1) is 14.9. The van der Waals surface area contributed by atoms with Crippen LogP contribution in [0.25, 0.3) is 10.9 Å². The van der Waals surface area contributed by atoms with Gasteiger partial charge in [-0.1, -0.05) is 42.5 Å². The molecule has 1 aliphatic heterocycles. The Morgan fingerprint density at radius 2 is 1.84 bits per heavy atom. The number of hydrogen-bond acceptors (Lipinski definition) is 4. The third kappa shape index (κ3) is 4.29. The maximum Gasteiger partial charge on any atom is 0.322 e. The van der Waals surface area contributed by atoms with E-state index in [1.54, 1.807) is 0 Å². The van der Waals surface area contributed by atoms with E-state index in [0.717, 1.165) is 27.6 Å². The summed E-state index contributed by atoms with van der Waals surface area (Å²) in [6, 6.07) is 13.7. The first-order valence-electron chi connectivity index (χ1n) is 10.1. The number of nitrogens with two attached hydrogens (primary N) is 1. The summed E-state index contributed by atoms with van der Waals surface area (Å²) in [5.74, 6) is -1.97. The highest BCUT2D eigenvalue weighted by Gasteiger charge is 2.36. The third-order valence-corrected chi connectivity index (χ3v) is 5.68. The van der Waals surface area contributed by atoms with Crippen LogP contribution in [0.2, 0.25) is 0 Å². The fourth-order valence-corrected chi connectivity index (χ4v) is 4.11. The number of carbonyl (C=O) groups is 3. The number of nitrogens with zero attached hydrogens (tertiary/aromatic N) is 1. The molecule has 3 aromatic rings. The molecule has 0 saturated carbocycles. The van der Waals surface area contributed by atoms with E-state index in [1.165, 1.54) is 4.90 Å². The number of nitrogens with one attached hydrogen (secondary N) is 2. The van der Waals surface area contributed by atoms with E-state index in [-0.39, 0.29) is 12.5 Å². The Labute approximate surface area is 179 Å². The molecule has 2 atom stereocenters. The number of fused-ring (bicyclic) bond motifs is 2. The van der Waals surface area contributed by atoms with Crippen molar-refractivity contribution in [2.24, 2.45) is 5.73 Å². The second kappa shape index (κ2) is 8.61. The van der Waals surface area contributed by atoms with Gasteiger partial charge < -0.3 is 26.0 Å². The number of amides is 2. The second-order valence-corrected chi connectivity index (χ2v) is 7.74. The lowest BCUT2D eigenvalue weighted by molar-refractivity contribution is -0.144. The standard InChI is InChI=1S/C23H24N4O4/c24-18(9-16-11-25-19-8-4-3-7-17(16)19)23(31)27-13-15-6-2-1-5-14(15)10-20(27)22(30)26-12-21(28)29/h1-8,11,18,20,25H,9-10,12-13,24H2,(H,26,30)(H,28,29)/t18-,20-/m0/s1. The lowest BCUT2D eigenvalue weighted by Gasteiger charge is -2.37. The highest BCUT2D eigenvalue weighted by molar-refractivity contribution is 5.92. The van der Waals surface area contributed by atoms with Crippen molar-refractivity contribution in [1.82, 2.24) is 15.2 Å². The molecule has 0 fully saturated rings. The molecule has 0 saturated heterocycles. The molecule has 0 radical (unpaired) electrons. The maximum atomic E-state index is 13.3. The maximum absolute atomic E-state index is 13.3. The van der Waals surface area contributed by atoms with Crippen LogP contribution in [0, 0.1) is 0 Å².